The first-order chi connectivity index (χ1) is 4.71. The minimum atomic E-state index is 0. The van der Waals surface area contributed by atoms with Gasteiger partial charge in [-0.05, 0) is 10.8 Å². The SMILES string of the molecule is CC(C)(C)CNCC(C)(C)C.Cl.Cl. The van der Waals surface area contributed by atoms with Crippen LogP contribution in [0.2, 0.25) is 0 Å². The molecule has 0 amide bonds. The number of halogens is 2. The molecule has 0 rings (SSSR count). The van der Waals surface area contributed by atoms with Gasteiger partial charge in [-0.3, -0.25) is 0 Å². The van der Waals surface area contributed by atoms with Crippen molar-refractivity contribution in [1.29, 1.82) is 0 Å². The highest BCUT2D eigenvalue weighted by atomic mass is 35.5. The summed E-state index contributed by atoms with van der Waals surface area (Å²) in [7, 11) is 0. The third kappa shape index (κ3) is 19.1. The fourth-order valence-electron chi connectivity index (χ4n) is 0.812. The standard InChI is InChI=1S/C10H23N.2ClH/c1-9(2,3)7-11-8-10(4,5)6;;/h11H,7-8H2,1-6H3;2*1H. The van der Waals surface area contributed by atoms with E-state index in [2.05, 4.69) is 46.9 Å². The molecule has 0 aliphatic rings. The largest absolute Gasteiger partial charge is 0.316 e. The molecule has 0 aromatic rings. The lowest BCUT2D eigenvalue weighted by Crippen LogP contribution is -2.33. The van der Waals surface area contributed by atoms with Crippen LogP contribution >= 0.6 is 24.8 Å². The zero-order valence-electron chi connectivity index (χ0n) is 9.73. The molecule has 1 nitrogen and oxygen atoms in total. The van der Waals surface area contributed by atoms with Crippen molar-refractivity contribution in [3.63, 3.8) is 0 Å². The van der Waals surface area contributed by atoms with E-state index >= 15 is 0 Å². The summed E-state index contributed by atoms with van der Waals surface area (Å²) >= 11 is 0. The van der Waals surface area contributed by atoms with Crippen molar-refractivity contribution in [2.75, 3.05) is 13.1 Å². The van der Waals surface area contributed by atoms with Gasteiger partial charge in [0.1, 0.15) is 0 Å². The summed E-state index contributed by atoms with van der Waals surface area (Å²) in [5.41, 5.74) is 0.816. The van der Waals surface area contributed by atoms with Crippen molar-refractivity contribution in [2.45, 2.75) is 41.5 Å². The van der Waals surface area contributed by atoms with Gasteiger partial charge in [0.25, 0.3) is 0 Å². The predicted octanol–water partition coefficient (Wildman–Crippen LogP) is 3.51. The zero-order valence-corrected chi connectivity index (χ0v) is 11.4. The molecule has 13 heavy (non-hydrogen) atoms. The number of nitrogens with one attached hydrogen (secondary N) is 1. The second kappa shape index (κ2) is 6.92. The van der Waals surface area contributed by atoms with Gasteiger partial charge in [-0.2, -0.15) is 0 Å². The second-order valence-electron chi connectivity index (χ2n) is 5.72. The van der Waals surface area contributed by atoms with Crippen LogP contribution in [-0.2, 0) is 0 Å². The highest BCUT2D eigenvalue weighted by molar-refractivity contribution is 5.85. The normalized spacial score (nSPS) is 11.5. The van der Waals surface area contributed by atoms with Gasteiger partial charge in [-0.1, -0.05) is 41.5 Å². The van der Waals surface area contributed by atoms with Crippen LogP contribution in [0.3, 0.4) is 0 Å². The van der Waals surface area contributed by atoms with Crippen molar-refractivity contribution in [1.82, 2.24) is 5.32 Å². The van der Waals surface area contributed by atoms with E-state index in [1.54, 1.807) is 0 Å². The van der Waals surface area contributed by atoms with Crippen molar-refractivity contribution in [3.05, 3.63) is 0 Å². The van der Waals surface area contributed by atoms with Crippen molar-refractivity contribution < 1.29 is 0 Å². The predicted molar refractivity (Wildman–Crippen MR) is 66.3 cm³/mol. The maximum atomic E-state index is 3.47. The zero-order chi connectivity index (χ0) is 9.12. The lowest BCUT2D eigenvalue weighted by Gasteiger charge is -2.24. The number of rotatable bonds is 2. The van der Waals surface area contributed by atoms with Crippen LogP contribution < -0.4 is 5.32 Å². The molecule has 0 spiro atoms. The molecule has 3 heteroatoms. The molecule has 0 aliphatic carbocycles. The van der Waals surface area contributed by atoms with E-state index in [0.717, 1.165) is 13.1 Å². The summed E-state index contributed by atoms with van der Waals surface area (Å²) in [5, 5.41) is 3.47. The van der Waals surface area contributed by atoms with Crippen LogP contribution in [0, 0.1) is 10.8 Å². The van der Waals surface area contributed by atoms with Gasteiger partial charge in [-0.25, -0.2) is 0 Å². The van der Waals surface area contributed by atoms with Crippen LogP contribution in [0.25, 0.3) is 0 Å². The number of hydrogen-bond acceptors (Lipinski definition) is 1. The average molecular weight is 230 g/mol. The monoisotopic (exact) mass is 229 g/mol. The van der Waals surface area contributed by atoms with E-state index < -0.39 is 0 Å². The Labute approximate surface area is 95.9 Å². The van der Waals surface area contributed by atoms with Crippen LogP contribution in [0.15, 0.2) is 0 Å². The Morgan fingerprint density at radius 2 is 0.923 bits per heavy atom. The Hall–Kier alpha value is 0.540. The molecule has 84 valence electrons. The van der Waals surface area contributed by atoms with E-state index in [1.165, 1.54) is 0 Å². The maximum Gasteiger partial charge on any atom is 0.0000101 e. The molecule has 0 aliphatic heterocycles. The molecule has 0 atom stereocenters. The van der Waals surface area contributed by atoms with Crippen LogP contribution in [0.1, 0.15) is 41.5 Å². The van der Waals surface area contributed by atoms with Gasteiger partial charge in [0.05, 0.1) is 0 Å². The van der Waals surface area contributed by atoms with Gasteiger partial charge >= 0.3 is 0 Å². The first kappa shape index (κ1) is 19.2. The molecular formula is C10H25Cl2N. The van der Waals surface area contributed by atoms with Crippen molar-refractivity contribution in [2.24, 2.45) is 10.8 Å². The molecule has 0 bridgehead atoms. The van der Waals surface area contributed by atoms with Gasteiger partial charge < -0.3 is 5.32 Å². The molecule has 0 saturated heterocycles. The van der Waals surface area contributed by atoms with Crippen LogP contribution in [0.4, 0.5) is 0 Å². The van der Waals surface area contributed by atoms with E-state index in [-0.39, 0.29) is 24.8 Å². The van der Waals surface area contributed by atoms with E-state index in [1.807, 2.05) is 0 Å². The molecule has 0 heterocycles. The van der Waals surface area contributed by atoms with Gasteiger partial charge in [0, 0.05) is 13.1 Å². The maximum absolute atomic E-state index is 3.47. The smallest absolute Gasteiger partial charge is 0.0000101 e. The lowest BCUT2D eigenvalue weighted by molar-refractivity contribution is 0.322. The summed E-state index contributed by atoms with van der Waals surface area (Å²) < 4.78 is 0. The van der Waals surface area contributed by atoms with Crippen molar-refractivity contribution in [3.8, 4) is 0 Å². The fourth-order valence-corrected chi connectivity index (χ4v) is 0.812. The first-order valence-electron chi connectivity index (χ1n) is 4.41. The highest BCUT2D eigenvalue weighted by Gasteiger charge is 2.13. The summed E-state index contributed by atoms with van der Waals surface area (Å²) in [4.78, 5) is 0. The third-order valence-electron chi connectivity index (χ3n) is 1.31. The van der Waals surface area contributed by atoms with E-state index in [0.29, 0.717) is 10.8 Å². The molecule has 1 N–H and O–H groups in total. The van der Waals surface area contributed by atoms with E-state index in [9.17, 15) is 0 Å². The molecule has 0 aromatic carbocycles. The second-order valence-corrected chi connectivity index (χ2v) is 5.72. The fraction of sp³-hybridized carbons (Fsp3) is 1.00. The summed E-state index contributed by atoms with van der Waals surface area (Å²) in [6, 6.07) is 0. The summed E-state index contributed by atoms with van der Waals surface area (Å²) in [5.74, 6) is 0. The third-order valence-corrected chi connectivity index (χ3v) is 1.31. The molecule has 0 radical (unpaired) electrons. The minimum absolute atomic E-state index is 0. The Morgan fingerprint density at radius 1 is 0.692 bits per heavy atom. The quantitative estimate of drug-likeness (QED) is 0.765. The highest BCUT2D eigenvalue weighted by Crippen LogP contribution is 2.13. The summed E-state index contributed by atoms with van der Waals surface area (Å²) in [6.45, 7) is 15.7. The van der Waals surface area contributed by atoms with Gasteiger partial charge in [0.2, 0.25) is 0 Å². The average Bonchev–Trinajstić information content (AvgIpc) is 1.55. The Morgan fingerprint density at radius 3 is 1.08 bits per heavy atom. The van der Waals surface area contributed by atoms with Gasteiger partial charge in [-0.15, -0.1) is 24.8 Å². The Bertz CT molecular complexity index is 97.1. The van der Waals surface area contributed by atoms with Gasteiger partial charge in [0.15, 0.2) is 0 Å². The van der Waals surface area contributed by atoms with Crippen molar-refractivity contribution >= 4 is 24.8 Å². The minimum Gasteiger partial charge on any atom is -0.316 e. The van der Waals surface area contributed by atoms with E-state index in [4.69, 9.17) is 0 Å². The molecule has 0 unspecified atom stereocenters. The molecule has 0 fully saturated rings. The molecule has 0 aromatic heterocycles. The number of hydrogen-bond donors (Lipinski definition) is 1. The lowest BCUT2D eigenvalue weighted by atomic mass is 9.94. The molecular weight excluding hydrogens is 205 g/mol. The van der Waals surface area contributed by atoms with Crippen LogP contribution in [-0.4, -0.2) is 13.1 Å². The Kier molecular flexibility index (Phi) is 10.2. The van der Waals surface area contributed by atoms with Crippen LogP contribution in [0.5, 0.6) is 0 Å². The first-order valence-corrected chi connectivity index (χ1v) is 4.41. The summed E-state index contributed by atoms with van der Waals surface area (Å²) in [6.07, 6.45) is 0. The molecule has 0 saturated carbocycles. The topological polar surface area (TPSA) is 12.0 Å². The Balaban J connectivity index is -0.000000500.